The van der Waals surface area contributed by atoms with E-state index in [0.717, 1.165) is 30.5 Å². The van der Waals surface area contributed by atoms with Gasteiger partial charge in [0.25, 0.3) is 0 Å². The summed E-state index contributed by atoms with van der Waals surface area (Å²) in [5.74, 6) is -1.10. The van der Waals surface area contributed by atoms with Gasteiger partial charge in [0, 0.05) is 26.3 Å². The minimum Gasteiger partial charge on any atom is -0.442 e. The number of carbonyl (C=O) groups excluding carboxylic acids is 3. The van der Waals surface area contributed by atoms with Crippen LogP contribution in [-0.2, 0) is 20.7 Å². The second-order valence-corrected chi connectivity index (χ2v) is 9.34. The highest BCUT2D eigenvalue weighted by molar-refractivity contribution is 5.81. The Morgan fingerprint density at radius 3 is 2.30 bits per heavy atom. The fraction of sp³-hybridized carbons (Fsp3) is 0.625. The molecular formula is C24H40N4O5. The molecule has 0 aliphatic rings. The number of hydrogen-bond donors (Lipinski definition) is 2. The van der Waals surface area contributed by atoms with Crippen molar-refractivity contribution < 1.29 is 24.3 Å². The number of carbonyl (C=O) groups is 3. The van der Waals surface area contributed by atoms with Crippen molar-refractivity contribution in [1.29, 1.82) is 0 Å². The van der Waals surface area contributed by atoms with Crippen LogP contribution in [0.4, 0.5) is 10.5 Å². The second kappa shape index (κ2) is 13.7. The molecule has 0 saturated heterocycles. The minimum atomic E-state index is -0.729. The lowest BCUT2D eigenvalue weighted by molar-refractivity contribution is -0.155. The molecule has 0 aromatic heterocycles. The molecule has 186 valence electrons. The molecule has 0 spiro atoms. The Balaban J connectivity index is 2.94. The fourth-order valence-electron chi connectivity index (χ4n) is 3.15. The number of anilines is 1. The highest BCUT2D eigenvalue weighted by atomic mass is 16.6. The van der Waals surface area contributed by atoms with E-state index in [4.69, 9.17) is 4.74 Å². The maximum atomic E-state index is 13.0. The smallest absolute Gasteiger partial charge is 0.429 e. The number of ether oxygens (including phenoxy) is 1. The van der Waals surface area contributed by atoms with Crippen molar-refractivity contribution in [3.05, 3.63) is 29.8 Å². The number of nitrogens with one attached hydrogen (secondary N) is 1. The molecule has 0 radical (unpaired) electrons. The van der Waals surface area contributed by atoms with E-state index in [-0.39, 0.29) is 19.5 Å². The summed E-state index contributed by atoms with van der Waals surface area (Å²) in [6.45, 7) is 7.38. The van der Waals surface area contributed by atoms with E-state index in [1.807, 2.05) is 50.2 Å². The summed E-state index contributed by atoms with van der Waals surface area (Å²) >= 11 is 0. The molecule has 0 aliphatic heterocycles. The van der Waals surface area contributed by atoms with Gasteiger partial charge >= 0.3 is 6.09 Å². The topological polar surface area (TPSA) is 102 Å². The van der Waals surface area contributed by atoms with Gasteiger partial charge in [-0.1, -0.05) is 38.3 Å². The van der Waals surface area contributed by atoms with Crippen molar-refractivity contribution in [3.63, 3.8) is 0 Å². The molecule has 0 bridgehead atoms. The van der Waals surface area contributed by atoms with Crippen LogP contribution >= 0.6 is 0 Å². The average molecular weight is 465 g/mol. The Morgan fingerprint density at radius 2 is 1.79 bits per heavy atom. The molecule has 2 N–H and O–H groups in total. The molecule has 0 saturated carbocycles. The predicted octanol–water partition coefficient (Wildman–Crippen LogP) is 3.61. The first-order valence-corrected chi connectivity index (χ1v) is 11.4. The molecule has 1 aromatic carbocycles. The number of amides is 3. The molecule has 1 unspecified atom stereocenters. The molecule has 0 aliphatic carbocycles. The third-order valence-electron chi connectivity index (χ3n) is 4.99. The SMILES string of the molecule is CCCCCC(CN(O)C=O)C(=O)NN(CCc1ccc(N(C)C)cc1)C(=O)OC(C)(C)C. The van der Waals surface area contributed by atoms with E-state index in [0.29, 0.717) is 17.9 Å². The highest BCUT2D eigenvalue weighted by Crippen LogP contribution is 2.15. The van der Waals surface area contributed by atoms with Crippen LogP contribution in [0.2, 0.25) is 0 Å². The van der Waals surface area contributed by atoms with E-state index in [9.17, 15) is 19.6 Å². The van der Waals surface area contributed by atoms with Crippen molar-refractivity contribution in [2.45, 2.75) is 65.4 Å². The van der Waals surface area contributed by atoms with Crippen molar-refractivity contribution in [3.8, 4) is 0 Å². The number of benzene rings is 1. The van der Waals surface area contributed by atoms with Crippen LogP contribution < -0.4 is 10.3 Å². The molecule has 0 fully saturated rings. The van der Waals surface area contributed by atoms with Gasteiger partial charge in [-0.05, 0) is 51.3 Å². The summed E-state index contributed by atoms with van der Waals surface area (Å²) in [6.07, 6.45) is 3.27. The van der Waals surface area contributed by atoms with Gasteiger partial charge in [-0.3, -0.25) is 20.2 Å². The summed E-state index contributed by atoms with van der Waals surface area (Å²) in [5.41, 5.74) is 3.99. The average Bonchev–Trinajstić information content (AvgIpc) is 2.74. The Bertz CT molecular complexity index is 746. The van der Waals surface area contributed by atoms with Crippen LogP contribution in [-0.4, -0.2) is 66.5 Å². The van der Waals surface area contributed by atoms with Gasteiger partial charge in [0.1, 0.15) is 5.60 Å². The summed E-state index contributed by atoms with van der Waals surface area (Å²) in [7, 11) is 3.92. The Kier molecular flexibility index (Phi) is 11.7. The molecular weight excluding hydrogens is 424 g/mol. The first kappa shape index (κ1) is 28.2. The zero-order valence-corrected chi connectivity index (χ0v) is 20.8. The number of rotatable bonds is 12. The summed E-state index contributed by atoms with van der Waals surface area (Å²) in [4.78, 5) is 38.6. The lowest BCUT2D eigenvalue weighted by Gasteiger charge is -2.29. The molecule has 3 amide bonds. The number of hydrazine groups is 1. The van der Waals surface area contributed by atoms with Gasteiger partial charge in [-0.15, -0.1) is 0 Å². The number of hydrogen-bond acceptors (Lipinski definition) is 6. The predicted molar refractivity (Wildman–Crippen MR) is 128 cm³/mol. The van der Waals surface area contributed by atoms with Crippen molar-refractivity contribution in [2.24, 2.45) is 5.92 Å². The Labute approximate surface area is 197 Å². The monoisotopic (exact) mass is 464 g/mol. The third-order valence-corrected chi connectivity index (χ3v) is 4.99. The number of hydroxylamine groups is 2. The second-order valence-electron chi connectivity index (χ2n) is 9.34. The molecule has 1 atom stereocenters. The summed E-state index contributed by atoms with van der Waals surface area (Å²) < 4.78 is 5.47. The quantitative estimate of drug-likeness (QED) is 0.212. The van der Waals surface area contributed by atoms with E-state index in [2.05, 4.69) is 5.43 Å². The lowest BCUT2D eigenvalue weighted by Crippen LogP contribution is -2.52. The highest BCUT2D eigenvalue weighted by Gasteiger charge is 2.27. The van der Waals surface area contributed by atoms with Gasteiger partial charge in [-0.25, -0.2) is 14.9 Å². The standard InChI is InChI=1S/C24H40N4O5/c1-7-8-9-10-20(17-27(32)18-29)22(30)25-28(23(31)33-24(2,3)4)16-15-19-11-13-21(14-12-19)26(5)6/h11-14,18,20,32H,7-10,15-17H2,1-6H3,(H,25,30). The number of unbranched alkanes of at least 4 members (excludes halogenated alkanes) is 2. The van der Waals surface area contributed by atoms with Crippen LogP contribution in [0.25, 0.3) is 0 Å². The van der Waals surface area contributed by atoms with Crippen LogP contribution in [0.15, 0.2) is 24.3 Å². The fourth-order valence-corrected chi connectivity index (χ4v) is 3.15. The molecule has 1 aromatic rings. The van der Waals surface area contributed by atoms with Crippen molar-refractivity contribution >= 4 is 24.1 Å². The van der Waals surface area contributed by atoms with Gasteiger partial charge in [0.2, 0.25) is 12.3 Å². The Hall–Kier alpha value is -2.81. The van der Waals surface area contributed by atoms with E-state index < -0.39 is 23.5 Å². The van der Waals surface area contributed by atoms with Gasteiger partial charge in [-0.2, -0.15) is 0 Å². The Morgan fingerprint density at radius 1 is 1.15 bits per heavy atom. The summed E-state index contributed by atoms with van der Waals surface area (Å²) in [6, 6.07) is 7.94. The third kappa shape index (κ3) is 11.1. The lowest BCUT2D eigenvalue weighted by atomic mass is 10.0. The zero-order valence-electron chi connectivity index (χ0n) is 20.8. The van der Waals surface area contributed by atoms with E-state index in [1.165, 1.54) is 5.01 Å². The largest absolute Gasteiger partial charge is 0.442 e. The maximum absolute atomic E-state index is 13.0. The first-order chi connectivity index (χ1) is 15.5. The molecule has 1 rings (SSSR count). The molecule has 33 heavy (non-hydrogen) atoms. The van der Waals surface area contributed by atoms with Crippen LogP contribution in [0, 0.1) is 5.92 Å². The minimum absolute atomic E-state index is 0.146. The van der Waals surface area contributed by atoms with Crippen LogP contribution in [0.5, 0.6) is 0 Å². The number of nitrogens with zero attached hydrogens (tertiary/aromatic N) is 3. The van der Waals surface area contributed by atoms with Gasteiger partial charge in [0.05, 0.1) is 12.5 Å². The van der Waals surface area contributed by atoms with Crippen molar-refractivity contribution in [1.82, 2.24) is 15.5 Å². The van der Waals surface area contributed by atoms with Crippen LogP contribution in [0.3, 0.4) is 0 Å². The van der Waals surface area contributed by atoms with E-state index in [1.54, 1.807) is 20.8 Å². The normalized spacial score (nSPS) is 12.0. The van der Waals surface area contributed by atoms with E-state index >= 15 is 0 Å². The maximum Gasteiger partial charge on any atom is 0.429 e. The zero-order chi connectivity index (χ0) is 25.0. The summed E-state index contributed by atoms with van der Waals surface area (Å²) in [5, 5.41) is 11.2. The van der Waals surface area contributed by atoms with Gasteiger partial charge < -0.3 is 9.64 Å². The molecule has 9 nitrogen and oxygen atoms in total. The molecule has 9 heteroatoms. The van der Waals surface area contributed by atoms with Gasteiger partial charge in [0.15, 0.2) is 0 Å². The van der Waals surface area contributed by atoms with Crippen LogP contribution in [0.1, 0.15) is 58.9 Å². The first-order valence-electron chi connectivity index (χ1n) is 11.4. The molecule has 0 heterocycles. The van der Waals surface area contributed by atoms with Crippen molar-refractivity contribution in [2.75, 3.05) is 32.1 Å².